The highest BCUT2D eigenvalue weighted by molar-refractivity contribution is 6.03. The van der Waals surface area contributed by atoms with Crippen molar-refractivity contribution in [1.29, 1.82) is 0 Å². The van der Waals surface area contributed by atoms with Crippen molar-refractivity contribution in [2.24, 2.45) is 5.41 Å². The highest BCUT2D eigenvalue weighted by Gasteiger charge is 2.63. The third-order valence-electron chi connectivity index (χ3n) is 8.87. The van der Waals surface area contributed by atoms with Gasteiger partial charge in [-0.2, -0.15) is 0 Å². The number of piperazine rings is 1. The monoisotopic (exact) mass is 592 g/mol. The Morgan fingerprint density at radius 3 is 2.23 bits per heavy atom. The normalized spacial score (nSPS) is 19.5. The summed E-state index contributed by atoms with van der Waals surface area (Å²) in [5.41, 5.74) is 0.540. The molecule has 5 amide bonds. The molecule has 0 radical (unpaired) electrons. The molecular weight excluding hydrogens is 552 g/mol. The van der Waals surface area contributed by atoms with Crippen molar-refractivity contribution in [2.75, 3.05) is 33.0 Å². The molecule has 43 heavy (non-hydrogen) atoms. The third-order valence-corrected chi connectivity index (χ3v) is 8.87. The van der Waals surface area contributed by atoms with Crippen LogP contribution in [-0.4, -0.2) is 77.7 Å². The number of ether oxygens (including phenoxy) is 3. The van der Waals surface area contributed by atoms with Crippen LogP contribution in [0.25, 0.3) is 0 Å². The van der Waals surface area contributed by atoms with Gasteiger partial charge in [-0.15, -0.1) is 0 Å². The molecule has 2 aromatic rings. The molecule has 5 rings (SSSR count). The van der Waals surface area contributed by atoms with Crippen molar-refractivity contribution < 1.29 is 33.4 Å². The van der Waals surface area contributed by atoms with Crippen LogP contribution in [0.1, 0.15) is 75.3 Å². The van der Waals surface area contributed by atoms with E-state index in [1.165, 1.54) is 11.8 Å². The van der Waals surface area contributed by atoms with Crippen molar-refractivity contribution in [2.45, 2.75) is 65.6 Å². The highest BCUT2D eigenvalue weighted by atomic mass is 16.7. The van der Waals surface area contributed by atoms with Crippen LogP contribution in [0.2, 0.25) is 0 Å². The molecule has 11 heteroatoms. The number of hydrogen-bond acceptors (Lipinski definition) is 7. The standard InChI is InChI=1S/C32H40N4O7/c1-5-8-25(23-11-14-26-27(19-23)42-20-41-26)33-31(40)36-29(39)32(6-2,7-3)30(36)43-24-12-9-22(10-13-24)28(38)35-17-15-34(16-18-35)21(4)37/h9-14,19,25,30H,5-8,15-18,20H2,1-4H3,(H,33,40)/t25?,30-/m0/s1. The third kappa shape index (κ3) is 5.72. The molecule has 1 unspecified atom stereocenters. The molecule has 3 heterocycles. The lowest BCUT2D eigenvalue weighted by molar-refractivity contribution is -0.191. The summed E-state index contributed by atoms with van der Waals surface area (Å²) in [6.07, 6.45) is 1.72. The van der Waals surface area contributed by atoms with Crippen LogP contribution >= 0.6 is 0 Å². The molecule has 2 atom stereocenters. The summed E-state index contributed by atoms with van der Waals surface area (Å²) in [5, 5.41) is 3.05. The van der Waals surface area contributed by atoms with Crippen molar-refractivity contribution in [3.05, 3.63) is 53.6 Å². The first-order chi connectivity index (χ1) is 20.7. The number of fused-ring (bicyclic) bond motifs is 1. The summed E-state index contributed by atoms with van der Waals surface area (Å²) in [6.45, 7) is 9.56. The van der Waals surface area contributed by atoms with E-state index in [1.807, 2.05) is 39.0 Å². The van der Waals surface area contributed by atoms with Gasteiger partial charge in [-0.25, -0.2) is 9.69 Å². The first-order valence-electron chi connectivity index (χ1n) is 15.1. The van der Waals surface area contributed by atoms with E-state index in [2.05, 4.69) is 5.32 Å². The Morgan fingerprint density at radius 2 is 1.60 bits per heavy atom. The van der Waals surface area contributed by atoms with Crippen LogP contribution in [0.5, 0.6) is 17.2 Å². The number of β-lactam (4-membered cyclic amide) rings is 1. The molecule has 0 bridgehead atoms. The number of hydrogen-bond donors (Lipinski definition) is 1. The van der Waals surface area contributed by atoms with Gasteiger partial charge in [-0.3, -0.25) is 14.4 Å². The van der Waals surface area contributed by atoms with E-state index in [0.29, 0.717) is 68.3 Å². The van der Waals surface area contributed by atoms with Crippen LogP contribution < -0.4 is 19.5 Å². The lowest BCUT2D eigenvalue weighted by Gasteiger charge is -2.53. The number of rotatable bonds is 9. The van der Waals surface area contributed by atoms with E-state index in [-0.39, 0.29) is 30.6 Å². The van der Waals surface area contributed by atoms with Crippen LogP contribution in [0, 0.1) is 5.41 Å². The average Bonchev–Trinajstić information content (AvgIpc) is 3.49. The number of imide groups is 1. The summed E-state index contributed by atoms with van der Waals surface area (Å²) in [4.78, 5) is 56.4. The molecule has 0 saturated carbocycles. The Bertz CT molecular complexity index is 1370. The zero-order chi connectivity index (χ0) is 30.7. The van der Waals surface area contributed by atoms with Crippen molar-refractivity contribution in [3.8, 4) is 17.2 Å². The smallest absolute Gasteiger partial charge is 0.327 e. The fraction of sp³-hybridized carbons (Fsp3) is 0.500. The molecule has 3 aliphatic rings. The van der Waals surface area contributed by atoms with Gasteiger partial charge in [-0.1, -0.05) is 33.3 Å². The number of likely N-dealkylation sites (tertiary alicyclic amines) is 1. The second kappa shape index (κ2) is 12.5. The van der Waals surface area contributed by atoms with Gasteiger partial charge in [0.05, 0.1) is 6.04 Å². The Morgan fingerprint density at radius 1 is 0.953 bits per heavy atom. The number of carbonyl (C=O) groups excluding carboxylic acids is 4. The number of urea groups is 1. The molecule has 2 fully saturated rings. The molecule has 0 aromatic heterocycles. The minimum absolute atomic E-state index is 0.00912. The quantitative estimate of drug-likeness (QED) is 0.431. The summed E-state index contributed by atoms with van der Waals surface area (Å²) in [6, 6.07) is 11.5. The van der Waals surface area contributed by atoms with Crippen LogP contribution in [0.3, 0.4) is 0 Å². The van der Waals surface area contributed by atoms with E-state index < -0.39 is 17.7 Å². The van der Waals surface area contributed by atoms with E-state index in [9.17, 15) is 19.2 Å². The lowest BCUT2D eigenvalue weighted by atomic mass is 9.72. The molecule has 230 valence electrons. The summed E-state index contributed by atoms with van der Waals surface area (Å²) in [5.74, 6) is 1.38. The van der Waals surface area contributed by atoms with Crippen LogP contribution in [0.4, 0.5) is 4.79 Å². The van der Waals surface area contributed by atoms with Crippen molar-refractivity contribution in [3.63, 3.8) is 0 Å². The number of carbonyl (C=O) groups is 4. The van der Waals surface area contributed by atoms with Gasteiger partial charge in [0.15, 0.2) is 17.7 Å². The fourth-order valence-electron chi connectivity index (χ4n) is 6.07. The van der Waals surface area contributed by atoms with Gasteiger partial charge in [0.1, 0.15) is 11.2 Å². The van der Waals surface area contributed by atoms with E-state index in [0.717, 1.165) is 12.0 Å². The topological polar surface area (TPSA) is 118 Å². The average molecular weight is 593 g/mol. The molecule has 2 aromatic carbocycles. The first kappa shape index (κ1) is 30.2. The van der Waals surface area contributed by atoms with Gasteiger partial charge >= 0.3 is 6.03 Å². The SMILES string of the molecule is CCCC(NC(=O)N1C(=O)C(CC)(CC)[C@@H]1Oc1ccc(C(=O)N2CCN(C(C)=O)CC2)cc1)c1ccc2c(c1)OCO2. The van der Waals surface area contributed by atoms with E-state index in [4.69, 9.17) is 14.2 Å². The first-order valence-corrected chi connectivity index (χ1v) is 15.1. The Hall–Kier alpha value is -4.28. The minimum atomic E-state index is -0.832. The molecule has 3 aliphatic heterocycles. The Balaban J connectivity index is 1.29. The van der Waals surface area contributed by atoms with Gasteiger partial charge in [0.2, 0.25) is 18.6 Å². The number of nitrogens with one attached hydrogen (secondary N) is 1. The number of nitrogens with zero attached hydrogens (tertiary/aromatic N) is 3. The predicted octanol–water partition coefficient (Wildman–Crippen LogP) is 4.32. The second-order valence-electron chi connectivity index (χ2n) is 11.2. The van der Waals surface area contributed by atoms with Gasteiger partial charge in [0.25, 0.3) is 5.91 Å². The minimum Gasteiger partial charge on any atom is -0.469 e. The van der Waals surface area contributed by atoms with Gasteiger partial charge in [0, 0.05) is 38.7 Å². The largest absolute Gasteiger partial charge is 0.469 e. The van der Waals surface area contributed by atoms with Gasteiger partial charge in [-0.05, 0) is 61.2 Å². The molecule has 0 aliphatic carbocycles. The number of amides is 5. The molecule has 11 nitrogen and oxygen atoms in total. The zero-order valence-corrected chi connectivity index (χ0v) is 25.3. The van der Waals surface area contributed by atoms with Crippen molar-refractivity contribution in [1.82, 2.24) is 20.0 Å². The predicted molar refractivity (Wildman–Crippen MR) is 158 cm³/mol. The van der Waals surface area contributed by atoms with E-state index >= 15 is 0 Å². The summed E-state index contributed by atoms with van der Waals surface area (Å²) >= 11 is 0. The Kier molecular flexibility index (Phi) is 8.79. The number of benzene rings is 2. The maximum atomic E-state index is 13.6. The molecular formula is C32H40N4O7. The second-order valence-corrected chi connectivity index (χ2v) is 11.2. The molecule has 1 N–H and O–H groups in total. The summed E-state index contributed by atoms with van der Waals surface area (Å²) < 4.78 is 17.3. The zero-order valence-electron chi connectivity index (χ0n) is 25.3. The lowest BCUT2D eigenvalue weighted by Crippen LogP contribution is -2.73. The van der Waals surface area contributed by atoms with Crippen LogP contribution in [0.15, 0.2) is 42.5 Å². The maximum absolute atomic E-state index is 13.6. The van der Waals surface area contributed by atoms with Crippen molar-refractivity contribution >= 4 is 23.8 Å². The van der Waals surface area contributed by atoms with Gasteiger partial charge < -0.3 is 29.3 Å². The van der Waals surface area contributed by atoms with Crippen LogP contribution in [-0.2, 0) is 9.59 Å². The molecule has 2 saturated heterocycles. The Labute approximate surface area is 252 Å². The maximum Gasteiger partial charge on any atom is 0.327 e. The highest BCUT2D eigenvalue weighted by Crippen LogP contribution is 2.46. The fourth-order valence-corrected chi connectivity index (χ4v) is 6.07. The summed E-state index contributed by atoms with van der Waals surface area (Å²) in [7, 11) is 0. The van der Waals surface area contributed by atoms with E-state index in [1.54, 1.807) is 34.1 Å². The molecule has 0 spiro atoms.